The maximum Gasteiger partial charge on any atom is 0.309 e. The summed E-state index contributed by atoms with van der Waals surface area (Å²) in [4.78, 5) is 22.2. The van der Waals surface area contributed by atoms with E-state index in [2.05, 4.69) is 5.32 Å². The molecule has 0 bridgehead atoms. The van der Waals surface area contributed by atoms with E-state index in [1.54, 1.807) is 0 Å². The topological polar surface area (TPSA) is 86.6 Å². The van der Waals surface area contributed by atoms with Gasteiger partial charge in [0.1, 0.15) is 0 Å². The van der Waals surface area contributed by atoms with Crippen LogP contribution in [0.25, 0.3) is 0 Å². The number of nitrogens with one attached hydrogen (secondary N) is 1. The number of aliphatic hydroxyl groups is 1. The first-order valence-electron chi connectivity index (χ1n) is 4.97. The third kappa shape index (κ3) is 4.78. The smallest absolute Gasteiger partial charge is 0.309 e. The number of hydrogen-bond donors (Lipinski definition) is 3. The molecule has 0 saturated heterocycles. The van der Waals surface area contributed by atoms with Crippen LogP contribution in [0.4, 0.5) is 0 Å². The van der Waals surface area contributed by atoms with Crippen LogP contribution < -0.4 is 5.32 Å². The van der Waals surface area contributed by atoms with Crippen LogP contribution in [0.5, 0.6) is 0 Å². The number of aliphatic carboxylic acids is 1. The van der Waals surface area contributed by atoms with Crippen molar-refractivity contribution in [1.82, 2.24) is 5.32 Å². The van der Waals surface area contributed by atoms with Gasteiger partial charge in [0.2, 0.25) is 5.91 Å². The minimum Gasteiger partial charge on any atom is -0.481 e. The zero-order chi connectivity index (χ0) is 12.1. The highest BCUT2D eigenvalue weighted by Crippen LogP contribution is 2.20. The number of carbonyl (C=O) groups excluding carboxylic acids is 1. The fraction of sp³-hybridized carbons (Fsp3) is 0.800. The summed E-state index contributed by atoms with van der Waals surface area (Å²) in [6.07, 6.45) is 0.536. The monoisotopic (exact) mass is 217 g/mol. The molecule has 1 amide bonds. The molecule has 0 saturated carbocycles. The minimum atomic E-state index is -1.07. The number of rotatable bonds is 6. The number of amides is 1. The lowest BCUT2D eigenvalue weighted by atomic mass is 9.89. The zero-order valence-corrected chi connectivity index (χ0v) is 9.41. The van der Waals surface area contributed by atoms with E-state index in [0.29, 0.717) is 6.42 Å². The van der Waals surface area contributed by atoms with Crippen LogP contribution in [0.15, 0.2) is 0 Å². The molecule has 88 valence electrons. The standard InChI is InChI=1S/C10H19NO4/c1-4-7(6-12)11-8(13)5-10(2,3)9(14)15/h7,12H,4-6H2,1-3H3,(H,11,13)(H,14,15)/t7-/m1/s1. The summed E-state index contributed by atoms with van der Waals surface area (Å²) >= 11 is 0. The lowest BCUT2D eigenvalue weighted by Crippen LogP contribution is -2.40. The molecule has 3 N–H and O–H groups in total. The number of aliphatic hydroxyl groups excluding tert-OH is 1. The first-order valence-corrected chi connectivity index (χ1v) is 4.97. The third-order valence-corrected chi connectivity index (χ3v) is 2.26. The fourth-order valence-corrected chi connectivity index (χ4v) is 1.03. The predicted octanol–water partition coefficient (Wildman–Crippen LogP) is 0.374. The molecule has 5 heteroatoms. The Morgan fingerprint density at radius 3 is 2.27 bits per heavy atom. The Labute approximate surface area is 89.5 Å². The molecule has 5 nitrogen and oxygen atoms in total. The average molecular weight is 217 g/mol. The van der Waals surface area contributed by atoms with Gasteiger partial charge >= 0.3 is 5.97 Å². The Morgan fingerprint density at radius 1 is 1.40 bits per heavy atom. The van der Waals surface area contributed by atoms with Gasteiger partial charge in [0, 0.05) is 6.42 Å². The number of carbonyl (C=O) groups is 2. The molecule has 0 heterocycles. The van der Waals surface area contributed by atoms with Crippen molar-refractivity contribution >= 4 is 11.9 Å². The van der Waals surface area contributed by atoms with Crippen molar-refractivity contribution in [2.45, 2.75) is 39.7 Å². The van der Waals surface area contributed by atoms with E-state index in [1.807, 2.05) is 6.92 Å². The van der Waals surface area contributed by atoms with Crippen molar-refractivity contribution in [3.63, 3.8) is 0 Å². The van der Waals surface area contributed by atoms with E-state index in [9.17, 15) is 9.59 Å². The summed E-state index contributed by atoms with van der Waals surface area (Å²) in [7, 11) is 0. The summed E-state index contributed by atoms with van der Waals surface area (Å²) in [6.45, 7) is 4.70. The van der Waals surface area contributed by atoms with Crippen LogP contribution in [0.3, 0.4) is 0 Å². The third-order valence-electron chi connectivity index (χ3n) is 2.26. The summed E-state index contributed by atoms with van der Waals surface area (Å²) < 4.78 is 0. The second-order valence-electron chi connectivity index (χ2n) is 4.22. The van der Waals surface area contributed by atoms with Gasteiger partial charge in [-0.15, -0.1) is 0 Å². The normalized spacial score (nSPS) is 13.3. The SMILES string of the molecule is CC[C@H](CO)NC(=O)CC(C)(C)C(=O)O. The average Bonchev–Trinajstić information content (AvgIpc) is 2.13. The van der Waals surface area contributed by atoms with Gasteiger partial charge in [-0.1, -0.05) is 6.92 Å². The van der Waals surface area contributed by atoms with Crippen molar-refractivity contribution in [3.8, 4) is 0 Å². The molecule has 0 aromatic carbocycles. The fourth-order valence-electron chi connectivity index (χ4n) is 1.03. The van der Waals surface area contributed by atoms with Gasteiger partial charge in [0.05, 0.1) is 18.1 Å². The second-order valence-corrected chi connectivity index (χ2v) is 4.22. The van der Waals surface area contributed by atoms with E-state index in [-0.39, 0.29) is 25.0 Å². The van der Waals surface area contributed by atoms with Crippen LogP contribution >= 0.6 is 0 Å². The van der Waals surface area contributed by atoms with Crippen molar-refractivity contribution in [2.75, 3.05) is 6.61 Å². The Morgan fingerprint density at radius 2 is 1.93 bits per heavy atom. The molecular formula is C10H19NO4. The van der Waals surface area contributed by atoms with Gasteiger partial charge in [0.25, 0.3) is 0 Å². The van der Waals surface area contributed by atoms with Crippen LogP contribution in [-0.4, -0.2) is 34.7 Å². The molecule has 0 aromatic rings. The second kappa shape index (κ2) is 5.70. The van der Waals surface area contributed by atoms with E-state index >= 15 is 0 Å². The highest BCUT2D eigenvalue weighted by atomic mass is 16.4. The molecule has 0 aliphatic carbocycles. The molecule has 0 fully saturated rings. The van der Waals surface area contributed by atoms with E-state index in [1.165, 1.54) is 13.8 Å². The van der Waals surface area contributed by atoms with Crippen molar-refractivity contribution < 1.29 is 19.8 Å². The Bertz CT molecular complexity index is 234. The Kier molecular flexibility index (Phi) is 5.28. The highest BCUT2D eigenvalue weighted by molar-refractivity contribution is 5.84. The van der Waals surface area contributed by atoms with E-state index in [0.717, 1.165) is 0 Å². The minimum absolute atomic E-state index is 0.0845. The zero-order valence-electron chi connectivity index (χ0n) is 9.41. The molecule has 0 aliphatic heterocycles. The van der Waals surface area contributed by atoms with Gasteiger partial charge in [-0.25, -0.2) is 0 Å². The van der Waals surface area contributed by atoms with Gasteiger partial charge in [-0.2, -0.15) is 0 Å². The number of carboxylic acids is 1. The molecule has 0 aliphatic rings. The molecule has 0 rings (SSSR count). The van der Waals surface area contributed by atoms with Crippen molar-refractivity contribution in [1.29, 1.82) is 0 Å². The summed E-state index contributed by atoms with van der Waals surface area (Å²) in [5.74, 6) is -1.35. The molecule has 0 unspecified atom stereocenters. The molecule has 15 heavy (non-hydrogen) atoms. The Balaban J connectivity index is 4.20. The maximum absolute atomic E-state index is 11.4. The first kappa shape index (κ1) is 13.9. The van der Waals surface area contributed by atoms with Crippen LogP contribution in [-0.2, 0) is 9.59 Å². The predicted molar refractivity (Wildman–Crippen MR) is 55.3 cm³/mol. The Hall–Kier alpha value is -1.10. The molecular weight excluding hydrogens is 198 g/mol. The van der Waals surface area contributed by atoms with Crippen LogP contribution in [0.2, 0.25) is 0 Å². The molecule has 1 atom stereocenters. The summed E-state index contributed by atoms with van der Waals surface area (Å²) in [5, 5.41) is 20.2. The van der Waals surface area contributed by atoms with Gasteiger partial charge < -0.3 is 15.5 Å². The van der Waals surface area contributed by atoms with Crippen LogP contribution in [0.1, 0.15) is 33.6 Å². The largest absolute Gasteiger partial charge is 0.481 e. The number of hydrogen-bond acceptors (Lipinski definition) is 3. The van der Waals surface area contributed by atoms with Gasteiger partial charge in [0.15, 0.2) is 0 Å². The molecule has 0 spiro atoms. The highest BCUT2D eigenvalue weighted by Gasteiger charge is 2.30. The number of carboxylic acid groups (broad SMARTS) is 1. The molecule has 0 aromatic heterocycles. The first-order chi connectivity index (χ1) is 6.83. The summed E-state index contributed by atoms with van der Waals surface area (Å²) in [6, 6.07) is -0.290. The lowest BCUT2D eigenvalue weighted by molar-refractivity contribution is -0.149. The van der Waals surface area contributed by atoms with Crippen molar-refractivity contribution in [3.05, 3.63) is 0 Å². The van der Waals surface area contributed by atoms with Crippen molar-refractivity contribution in [2.24, 2.45) is 5.41 Å². The van der Waals surface area contributed by atoms with E-state index < -0.39 is 11.4 Å². The molecule has 0 radical (unpaired) electrons. The maximum atomic E-state index is 11.4. The van der Waals surface area contributed by atoms with Crippen LogP contribution in [0, 0.1) is 5.41 Å². The van der Waals surface area contributed by atoms with Gasteiger partial charge in [-0.05, 0) is 20.3 Å². The van der Waals surface area contributed by atoms with E-state index in [4.69, 9.17) is 10.2 Å². The lowest BCUT2D eigenvalue weighted by Gasteiger charge is -2.20. The van der Waals surface area contributed by atoms with Gasteiger partial charge in [-0.3, -0.25) is 9.59 Å². The quantitative estimate of drug-likeness (QED) is 0.600. The summed E-state index contributed by atoms with van der Waals surface area (Å²) in [5.41, 5.74) is -1.07.